The minimum atomic E-state index is 0. The largest absolute Gasteiger partial charge is 0.493 e. The van der Waals surface area contributed by atoms with Gasteiger partial charge in [0.25, 0.3) is 0 Å². The summed E-state index contributed by atoms with van der Waals surface area (Å²) in [6.07, 6.45) is 0. The lowest BCUT2D eigenvalue weighted by Gasteiger charge is -2.13. The summed E-state index contributed by atoms with van der Waals surface area (Å²) >= 11 is 6.24. The fraction of sp³-hybridized carbons (Fsp3) is 0.533. The van der Waals surface area contributed by atoms with E-state index in [-0.39, 0.29) is 24.0 Å². The van der Waals surface area contributed by atoms with Gasteiger partial charge < -0.3 is 20.1 Å². The molecule has 1 aromatic rings. The van der Waals surface area contributed by atoms with Gasteiger partial charge in [-0.25, -0.2) is 4.99 Å². The number of guanidine groups is 1. The molecule has 7 heteroatoms. The van der Waals surface area contributed by atoms with E-state index in [1.54, 1.807) is 7.11 Å². The van der Waals surface area contributed by atoms with Crippen LogP contribution in [0.4, 0.5) is 0 Å². The molecule has 1 rings (SSSR count). The van der Waals surface area contributed by atoms with Gasteiger partial charge in [-0.3, -0.25) is 0 Å². The number of benzene rings is 1. The molecule has 1 aromatic carbocycles. The van der Waals surface area contributed by atoms with Crippen molar-refractivity contribution >= 4 is 41.5 Å². The minimum Gasteiger partial charge on any atom is -0.493 e. The van der Waals surface area contributed by atoms with Crippen molar-refractivity contribution in [2.45, 2.75) is 27.3 Å². The van der Waals surface area contributed by atoms with Crippen molar-refractivity contribution in [3.63, 3.8) is 0 Å². The van der Waals surface area contributed by atoms with Crippen LogP contribution in [0.1, 0.15) is 26.3 Å². The number of hydrogen-bond donors (Lipinski definition) is 2. The lowest BCUT2D eigenvalue weighted by atomic mass is 10.2. The molecule has 0 unspecified atom stereocenters. The molecule has 0 aliphatic heterocycles. The summed E-state index contributed by atoms with van der Waals surface area (Å²) in [7, 11) is 1.60. The second kappa shape index (κ2) is 11.6. The molecule has 0 fully saturated rings. The van der Waals surface area contributed by atoms with E-state index in [4.69, 9.17) is 21.1 Å². The van der Waals surface area contributed by atoms with E-state index in [0.29, 0.717) is 29.7 Å². The Balaban J connectivity index is 0.00000441. The molecule has 0 bridgehead atoms. The molecule has 0 aromatic heterocycles. The van der Waals surface area contributed by atoms with Gasteiger partial charge in [0.1, 0.15) is 0 Å². The average molecular weight is 442 g/mol. The third-order valence-electron chi connectivity index (χ3n) is 2.69. The maximum Gasteiger partial charge on any atom is 0.191 e. The summed E-state index contributed by atoms with van der Waals surface area (Å²) < 4.78 is 10.8. The fourth-order valence-corrected chi connectivity index (χ4v) is 2.12. The standard InChI is InChI=1S/C15H24ClN3O2.HI/c1-5-17-15(18-6-2)19-10-11-8-12(16)14(21-7-3)13(9-11)20-4;/h8-9H,5-7,10H2,1-4H3,(H2,17,18,19);1H. The summed E-state index contributed by atoms with van der Waals surface area (Å²) in [6, 6.07) is 3.75. The minimum absolute atomic E-state index is 0. The second-order valence-corrected chi connectivity index (χ2v) is 4.67. The smallest absolute Gasteiger partial charge is 0.191 e. The normalized spacial score (nSPS) is 9.50. The Kier molecular flexibility index (Phi) is 11.2. The highest BCUT2D eigenvalue weighted by Crippen LogP contribution is 2.36. The molecule has 2 N–H and O–H groups in total. The predicted octanol–water partition coefficient (Wildman–Crippen LogP) is 3.44. The van der Waals surface area contributed by atoms with Crippen LogP contribution in [-0.2, 0) is 6.54 Å². The number of halogens is 2. The SMILES string of the molecule is CCNC(=NCc1cc(Cl)c(OCC)c(OC)c1)NCC.I. The van der Waals surface area contributed by atoms with Gasteiger partial charge in [0, 0.05) is 13.1 Å². The summed E-state index contributed by atoms with van der Waals surface area (Å²) in [6.45, 7) is 8.66. The van der Waals surface area contributed by atoms with Gasteiger partial charge >= 0.3 is 0 Å². The van der Waals surface area contributed by atoms with Crippen molar-refractivity contribution in [2.75, 3.05) is 26.8 Å². The molecular weight excluding hydrogens is 417 g/mol. The first kappa shape index (κ1) is 21.1. The second-order valence-electron chi connectivity index (χ2n) is 4.27. The fourth-order valence-electron chi connectivity index (χ4n) is 1.83. The van der Waals surface area contributed by atoms with Crippen molar-refractivity contribution in [1.82, 2.24) is 10.6 Å². The molecule has 0 saturated heterocycles. The maximum absolute atomic E-state index is 6.24. The van der Waals surface area contributed by atoms with Gasteiger partial charge in [-0.15, -0.1) is 24.0 Å². The summed E-state index contributed by atoms with van der Waals surface area (Å²) in [5.74, 6) is 1.99. The number of rotatable bonds is 7. The highest BCUT2D eigenvalue weighted by atomic mass is 127. The van der Waals surface area contributed by atoms with Gasteiger partial charge in [-0.05, 0) is 38.5 Å². The number of ether oxygens (including phenoxy) is 2. The molecule has 0 amide bonds. The zero-order valence-corrected chi connectivity index (χ0v) is 16.6. The molecular formula is C15H25ClIN3O2. The number of nitrogens with zero attached hydrogens (tertiary/aromatic N) is 1. The average Bonchev–Trinajstić information content (AvgIpc) is 2.47. The summed E-state index contributed by atoms with van der Waals surface area (Å²) in [5.41, 5.74) is 0.966. The lowest BCUT2D eigenvalue weighted by Crippen LogP contribution is -2.36. The van der Waals surface area contributed by atoms with Crippen LogP contribution in [0.3, 0.4) is 0 Å². The van der Waals surface area contributed by atoms with E-state index >= 15 is 0 Å². The van der Waals surface area contributed by atoms with E-state index in [9.17, 15) is 0 Å². The monoisotopic (exact) mass is 441 g/mol. The quantitative estimate of drug-likeness (QED) is 0.387. The molecule has 0 spiro atoms. The molecule has 0 radical (unpaired) electrons. The zero-order valence-electron chi connectivity index (χ0n) is 13.5. The van der Waals surface area contributed by atoms with Gasteiger partial charge in [-0.1, -0.05) is 11.6 Å². The molecule has 22 heavy (non-hydrogen) atoms. The highest BCUT2D eigenvalue weighted by molar-refractivity contribution is 14.0. The van der Waals surface area contributed by atoms with Gasteiger partial charge in [0.05, 0.1) is 25.3 Å². The van der Waals surface area contributed by atoms with Crippen molar-refractivity contribution < 1.29 is 9.47 Å². The van der Waals surface area contributed by atoms with Crippen LogP contribution >= 0.6 is 35.6 Å². The number of nitrogens with one attached hydrogen (secondary N) is 2. The van der Waals surface area contributed by atoms with E-state index in [0.717, 1.165) is 24.6 Å². The molecule has 0 aliphatic rings. The molecule has 126 valence electrons. The van der Waals surface area contributed by atoms with Gasteiger partial charge in [0.2, 0.25) is 0 Å². The molecule has 0 aliphatic carbocycles. The Bertz CT molecular complexity index is 476. The Labute approximate surface area is 154 Å². The van der Waals surface area contributed by atoms with E-state index < -0.39 is 0 Å². The Morgan fingerprint density at radius 3 is 2.32 bits per heavy atom. The van der Waals surface area contributed by atoms with Crippen molar-refractivity contribution in [3.8, 4) is 11.5 Å². The predicted molar refractivity (Wildman–Crippen MR) is 103 cm³/mol. The third-order valence-corrected chi connectivity index (χ3v) is 2.97. The van der Waals surface area contributed by atoms with Crippen LogP contribution in [0.5, 0.6) is 11.5 Å². The Morgan fingerprint density at radius 1 is 1.18 bits per heavy atom. The lowest BCUT2D eigenvalue weighted by molar-refractivity contribution is 0.311. The van der Waals surface area contributed by atoms with Crippen LogP contribution < -0.4 is 20.1 Å². The van der Waals surface area contributed by atoms with Crippen LogP contribution in [-0.4, -0.2) is 32.8 Å². The third kappa shape index (κ3) is 6.48. The first-order valence-electron chi connectivity index (χ1n) is 7.17. The van der Waals surface area contributed by atoms with Crippen molar-refractivity contribution in [2.24, 2.45) is 4.99 Å². The summed E-state index contributed by atoms with van der Waals surface area (Å²) in [4.78, 5) is 4.51. The van der Waals surface area contributed by atoms with Crippen molar-refractivity contribution in [1.29, 1.82) is 0 Å². The van der Waals surface area contributed by atoms with Crippen LogP contribution in [0.15, 0.2) is 17.1 Å². The molecule has 5 nitrogen and oxygen atoms in total. The van der Waals surface area contributed by atoms with Crippen LogP contribution in [0.25, 0.3) is 0 Å². The van der Waals surface area contributed by atoms with Gasteiger partial charge in [-0.2, -0.15) is 0 Å². The highest BCUT2D eigenvalue weighted by Gasteiger charge is 2.11. The topological polar surface area (TPSA) is 54.9 Å². The van der Waals surface area contributed by atoms with E-state index in [1.165, 1.54) is 0 Å². The Hall–Kier alpha value is -0.890. The first-order valence-corrected chi connectivity index (χ1v) is 7.55. The number of methoxy groups -OCH3 is 1. The van der Waals surface area contributed by atoms with Crippen LogP contribution in [0, 0.1) is 0 Å². The molecule has 0 saturated carbocycles. The van der Waals surface area contributed by atoms with Gasteiger partial charge in [0.15, 0.2) is 17.5 Å². The number of aliphatic imine (C=N–C) groups is 1. The van der Waals surface area contributed by atoms with E-state index in [2.05, 4.69) is 15.6 Å². The molecule has 0 heterocycles. The number of hydrogen-bond acceptors (Lipinski definition) is 3. The zero-order chi connectivity index (χ0) is 15.7. The maximum atomic E-state index is 6.24. The van der Waals surface area contributed by atoms with Crippen LogP contribution in [0.2, 0.25) is 5.02 Å². The molecule has 0 atom stereocenters. The summed E-state index contributed by atoms with van der Waals surface area (Å²) in [5, 5.41) is 6.89. The Morgan fingerprint density at radius 2 is 1.82 bits per heavy atom. The van der Waals surface area contributed by atoms with E-state index in [1.807, 2.05) is 32.9 Å². The first-order chi connectivity index (χ1) is 10.2. The van der Waals surface area contributed by atoms with Crippen molar-refractivity contribution in [3.05, 3.63) is 22.7 Å².